The standard InChI is InChI=1S/C12H14N4OS/c1-8-7-18-11(14-8)6-16-12(17)4-9-5-13-3-2-10(9)15-16/h4,7,13H,2-3,5-6H2,1H3. The maximum absolute atomic E-state index is 12.0. The monoisotopic (exact) mass is 262 g/mol. The van der Waals surface area contributed by atoms with E-state index < -0.39 is 0 Å². The van der Waals surface area contributed by atoms with Crippen LogP contribution < -0.4 is 10.9 Å². The lowest BCUT2D eigenvalue weighted by atomic mass is 10.1. The Morgan fingerprint density at radius 1 is 1.56 bits per heavy atom. The van der Waals surface area contributed by atoms with Gasteiger partial charge in [0.2, 0.25) is 0 Å². The van der Waals surface area contributed by atoms with E-state index in [0.29, 0.717) is 6.54 Å². The molecule has 2 aromatic rings. The number of hydrogen-bond acceptors (Lipinski definition) is 5. The van der Waals surface area contributed by atoms with Gasteiger partial charge in [-0.2, -0.15) is 5.10 Å². The van der Waals surface area contributed by atoms with Crippen LogP contribution in [0, 0.1) is 6.92 Å². The van der Waals surface area contributed by atoms with Crippen molar-refractivity contribution in [2.45, 2.75) is 26.4 Å². The number of fused-ring (bicyclic) bond motifs is 1. The molecule has 2 aromatic heterocycles. The Morgan fingerprint density at radius 3 is 3.22 bits per heavy atom. The van der Waals surface area contributed by atoms with E-state index in [1.54, 1.807) is 17.4 Å². The van der Waals surface area contributed by atoms with Gasteiger partial charge < -0.3 is 5.32 Å². The van der Waals surface area contributed by atoms with E-state index in [-0.39, 0.29) is 5.56 Å². The lowest BCUT2D eigenvalue weighted by molar-refractivity contribution is 0.561. The number of aryl methyl sites for hydroxylation is 1. The van der Waals surface area contributed by atoms with Gasteiger partial charge in [0.15, 0.2) is 0 Å². The molecule has 0 bridgehead atoms. The minimum absolute atomic E-state index is 0.0506. The number of nitrogens with one attached hydrogen (secondary N) is 1. The second kappa shape index (κ2) is 4.62. The van der Waals surface area contributed by atoms with E-state index >= 15 is 0 Å². The fraction of sp³-hybridized carbons (Fsp3) is 0.417. The molecular formula is C12H14N4OS. The quantitative estimate of drug-likeness (QED) is 0.865. The summed E-state index contributed by atoms with van der Waals surface area (Å²) < 4.78 is 1.52. The Labute approximate surface area is 108 Å². The van der Waals surface area contributed by atoms with Crippen molar-refractivity contribution in [3.8, 4) is 0 Å². The third kappa shape index (κ3) is 2.21. The van der Waals surface area contributed by atoms with E-state index in [2.05, 4.69) is 15.4 Å². The zero-order valence-electron chi connectivity index (χ0n) is 10.1. The molecule has 18 heavy (non-hydrogen) atoms. The Hall–Kier alpha value is -1.53. The summed E-state index contributed by atoms with van der Waals surface area (Å²) in [6.07, 6.45) is 0.881. The Morgan fingerprint density at radius 2 is 2.44 bits per heavy atom. The first-order chi connectivity index (χ1) is 8.72. The number of nitrogens with zero attached hydrogens (tertiary/aromatic N) is 3. The molecule has 1 aliphatic heterocycles. The van der Waals surface area contributed by atoms with Gasteiger partial charge in [-0.3, -0.25) is 4.79 Å². The fourth-order valence-corrected chi connectivity index (χ4v) is 2.83. The molecule has 0 unspecified atom stereocenters. The molecule has 0 radical (unpaired) electrons. The minimum Gasteiger partial charge on any atom is -0.312 e. The molecule has 94 valence electrons. The molecule has 1 aliphatic rings. The fourth-order valence-electron chi connectivity index (χ4n) is 2.08. The molecular weight excluding hydrogens is 248 g/mol. The molecule has 0 saturated carbocycles. The molecule has 0 aliphatic carbocycles. The maximum Gasteiger partial charge on any atom is 0.267 e. The summed E-state index contributed by atoms with van der Waals surface area (Å²) in [7, 11) is 0. The van der Waals surface area contributed by atoms with Crippen molar-refractivity contribution in [2.75, 3.05) is 6.54 Å². The lowest BCUT2D eigenvalue weighted by Crippen LogP contribution is -2.31. The summed E-state index contributed by atoms with van der Waals surface area (Å²) in [5.41, 5.74) is 3.00. The SMILES string of the molecule is Cc1csc(Cn2nc3c(cc2=O)CNCC3)n1. The Bertz CT molecular complexity index is 631. The zero-order valence-corrected chi connectivity index (χ0v) is 11.0. The van der Waals surface area contributed by atoms with Crippen LogP contribution in [0.2, 0.25) is 0 Å². The second-order valence-corrected chi connectivity index (χ2v) is 5.36. The Kier molecular flexibility index (Phi) is 2.97. The van der Waals surface area contributed by atoms with Crippen molar-refractivity contribution in [3.05, 3.63) is 43.8 Å². The van der Waals surface area contributed by atoms with Crippen molar-refractivity contribution < 1.29 is 0 Å². The molecule has 0 atom stereocenters. The summed E-state index contributed by atoms with van der Waals surface area (Å²) in [5.74, 6) is 0. The van der Waals surface area contributed by atoms with E-state index in [9.17, 15) is 4.79 Å². The Balaban J connectivity index is 1.94. The van der Waals surface area contributed by atoms with Crippen LogP contribution in [0.4, 0.5) is 0 Å². The van der Waals surface area contributed by atoms with Crippen LogP contribution in [0.1, 0.15) is 22.0 Å². The number of aromatic nitrogens is 3. The van der Waals surface area contributed by atoms with Crippen molar-refractivity contribution >= 4 is 11.3 Å². The minimum atomic E-state index is -0.0506. The van der Waals surface area contributed by atoms with Crippen molar-refractivity contribution in [2.24, 2.45) is 0 Å². The van der Waals surface area contributed by atoms with Crippen molar-refractivity contribution in [1.29, 1.82) is 0 Å². The van der Waals surface area contributed by atoms with E-state index in [1.165, 1.54) is 4.68 Å². The van der Waals surface area contributed by atoms with Gasteiger partial charge in [-0.1, -0.05) is 0 Å². The van der Waals surface area contributed by atoms with E-state index in [1.807, 2.05) is 12.3 Å². The second-order valence-electron chi connectivity index (χ2n) is 4.42. The normalized spacial score (nSPS) is 14.5. The third-order valence-corrected chi connectivity index (χ3v) is 3.92. The zero-order chi connectivity index (χ0) is 12.5. The van der Waals surface area contributed by atoms with E-state index in [0.717, 1.165) is 41.5 Å². The molecule has 0 amide bonds. The summed E-state index contributed by atoms with van der Waals surface area (Å²) in [4.78, 5) is 16.3. The van der Waals surface area contributed by atoms with Gasteiger partial charge in [-0.25, -0.2) is 9.67 Å². The molecule has 3 rings (SSSR count). The van der Waals surface area contributed by atoms with Crippen molar-refractivity contribution in [1.82, 2.24) is 20.1 Å². The van der Waals surface area contributed by atoms with Crippen LogP contribution in [-0.2, 0) is 19.5 Å². The molecule has 0 saturated heterocycles. The van der Waals surface area contributed by atoms with Gasteiger partial charge in [0.25, 0.3) is 5.56 Å². The average molecular weight is 262 g/mol. The maximum atomic E-state index is 12.0. The number of rotatable bonds is 2. The highest BCUT2D eigenvalue weighted by Crippen LogP contribution is 2.11. The van der Waals surface area contributed by atoms with Gasteiger partial charge in [-0.15, -0.1) is 11.3 Å². The highest BCUT2D eigenvalue weighted by molar-refractivity contribution is 7.09. The smallest absolute Gasteiger partial charge is 0.267 e. The topological polar surface area (TPSA) is 59.8 Å². The largest absolute Gasteiger partial charge is 0.312 e. The molecule has 1 N–H and O–H groups in total. The van der Waals surface area contributed by atoms with Crippen LogP contribution in [-0.4, -0.2) is 21.3 Å². The summed E-state index contributed by atoms with van der Waals surface area (Å²) in [6.45, 7) is 4.09. The van der Waals surface area contributed by atoms with Gasteiger partial charge in [-0.05, 0) is 12.5 Å². The number of thiazole rings is 1. The van der Waals surface area contributed by atoms with E-state index in [4.69, 9.17) is 0 Å². The van der Waals surface area contributed by atoms with Crippen LogP contribution in [0.3, 0.4) is 0 Å². The van der Waals surface area contributed by atoms with Gasteiger partial charge >= 0.3 is 0 Å². The molecule has 6 heteroatoms. The van der Waals surface area contributed by atoms with Gasteiger partial charge in [0.1, 0.15) is 5.01 Å². The first-order valence-electron chi connectivity index (χ1n) is 5.94. The third-order valence-electron chi connectivity index (χ3n) is 2.97. The number of hydrogen-bond donors (Lipinski definition) is 1. The van der Waals surface area contributed by atoms with Crippen LogP contribution in [0.15, 0.2) is 16.2 Å². The highest BCUT2D eigenvalue weighted by Gasteiger charge is 2.13. The summed E-state index contributed by atoms with van der Waals surface area (Å²) in [5, 5.41) is 10.6. The molecule has 0 fully saturated rings. The summed E-state index contributed by atoms with van der Waals surface area (Å²) in [6, 6.07) is 1.69. The lowest BCUT2D eigenvalue weighted by Gasteiger charge is -2.16. The molecule has 3 heterocycles. The van der Waals surface area contributed by atoms with Crippen molar-refractivity contribution in [3.63, 3.8) is 0 Å². The van der Waals surface area contributed by atoms with Crippen LogP contribution >= 0.6 is 11.3 Å². The molecule has 0 aromatic carbocycles. The average Bonchev–Trinajstić information content (AvgIpc) is 2.76. The van der Waals surface area contributed by atoms with Gasteiger partial charge in [0.05, 0.1) is 12.2 Å². The first-order valence-corrected chi connectivity index (χ1v) is 6.82. The molecule has 5 nitrogen and oxygen atoms in total. The van der Waals surface area contributed by atoms with Crippen LogP contribution in [0.25, 0.3) is 0 Å². The molecule has 0 spiro atoms. The van der Waals surface area contributed by atoms with Crippen LogP contribution in [0.5, 0.6) is 0 Å². The first kappa shape index (κ1) is 11.6. The highest BCUT2D eigenvalue weighted by atomic mass is 32.1. The van der Waals surface area contributed by atoms with Gasteiger partial charge in [0, 0.05) is 36.7 Å². The predicted molar refractivity (Wildman–Crippen MR) is 69.9 cm³/mol. The summed E-state index contributed by atoms with van der Waals surface area (Å²) >= 11 is 1.57. The predicted octanol–water partition coefficient (Wildman–Crippen LogP) is 0.702.